The van der Waals surface area contributed by atoms with Gasteiger partial charge in [-0.05, 0) is 38.1 Å². The fourth-order valence-corrected chi connectivity index (χ4v) is 2.00. The van der Waals surface area contributed by atoms with Gasteiger partial charge in [0.05, 0.1) is 5.56 Å². The Morgan fingerprint density at radius 1 is 0.958 bits per heavy atom. The van der Waals surface area contributed by atoms with Crippen molar-refractivity contribution in [2.75, 3.05) is 6.61 Å². The van der Waals surface area contributed by atoms with Gasteiger partial charge in [0.15, 0.2) is 0 Å². The van der Waals surface area contributed by atoms with Crippen LogP contribution < -0.4 is 10.1 Å². The van der Waals surface area contributed by atoms with E-state index in [0.717, 1.165) is 0 Å². The number of carbonyl (C=O) groups excluding carboxylic acids is 2. The van der Waals surface area contributed by atoms with Gasteiger partial charge in [0.1, 0.15) is 12.4 Å². The Kier molecular flexibility index (Phi) is 6.37. The average Bonchev–Trinajstić information content (AvgIpc) is 2.59. The molecule has 5 heteroatoms. The summed E-state index contributed by atoms with van der Waals surface area (Å²) in [5.74, 6) is -0.336. The maximum Gasteiger partial charge on any atom is 0.339 e. The molecule has 1 amide bonds. The monoisotopic (exact) mass is 327 g/mol. The molecule has 2 aromatic rings. The molecule has 0 saturated carbocycles. The molecule has 0 radical (unpaired) electrons. The molecule has 24 heavy (non-hydrogen) atoms. The zero-order valence-corrected chi connectivity index (χ0v) is 13.8. The van der Waals surface area contributed by atoms with Gasteiger partial charge in [0.2, 0.25) is 6.10 Å². The van der Waals surface area contributed by atoms with Gasteiger partial charge in [-0.1, -0.05) is 36.4 Å². The average molecular weight is 327 g/mol. The van der Waals surface area contributed by atoms with Crippen LogP contribution in [-0.4, -0.2) is 30.6 Å². The Labute approximate surface area is 141 Å². The Morgan fingerprint density at radius 2 is 1.54 bits per heavy atom. The second-order valence-electron chi connectivity index (χ2n) is 5.55. The smallest absolute Gasteiger partial charge is 0.339 e. The number of para-hydroxylation sites is 1. The maximum atomic E-state index is 12.3. The zero-order chi connectivity index (χ0) is 17.4. The van der Waals surface area contributed by atoms with Gasteiger partial charge in [-0.25, -0.2) is 4.79 Å². The van der Waals surface area contributed by atoms with Crippen LogP contribution >= 0.6 is 0 Å². The zero-order valence-electron chi connectivity index (χ0n) is 13.8. The lowest BCUT2D eigenvalue weighted by molar-refractivity contribution is -0.132. The minimum Gasteiger partial charge on any atom is -0.489 e. The van der Waals surface area contributed by atoms with Crippen molar-refractivity contribution in [1.29, 1.82) is 0 Å². The number of ether oxygens (including phenoxy) is 2. The molecule has 1 unspecified atom stereocenters. The van der Waals surface area contributed by atoms with Crippen molar-refractivity contribution in [3.63, 3.8) is 0 Å². The van der Waals surface area contributed by atoms with Crippen molar-refractivity contribution in [3.05, 3.63) is 66.2 Å². The van der Waals surface area contributed by atoms with Gasteiger partial charge in [-0.15, -0.1) is 0 Å². The molecular weight excluding hydrogens is 306 g/mol. The fourth-order valence-electron chi connectivity index (χ4n) is 2.00. The molecular formula is C19H21NO4. The number of nitrogens with one attached hydrogen (secondary N) is 1. The molecule has 1 N–H and O–H groups in total. The highest BCUT2D eigenvalue weighted by molar-refractivity contribution is 5.92. The van der Waals surface area contributed by atoms with E-state index in [1.54, 1.807) is 42.5 Å². The van der Waals surface area contributed by atoms with Crippen LogP contribution in [0, 0.1) is 0 Å². The number of hydrogen-bond donors (Lipinski definition) is 1. The van der Waals surface area contributed by atoms with Gasteiger partial charge >= 0.3 is 5.97 Å². The van der Waals surface area contributed by atoms with Gasteiger partial charge in [-0.2, -0.15) is 0 Å². The van der Waals surface area contributed by atoms with E-state index >= 15 is 0 Å². The Bertz CT molecular complexity index is 656. The summed E-state index contributed by atoms with van der Waals surface area (Å²) in [6.45, 7) is 3.62. The molecule has 126 valence electrons. The van der Waals surface area contributed by atoms with Crippen molar-refractivity contribution in [3.8, 4) is 5.75 Å². The van der Waals surface area contributed by atoms with Crippen LogP contribution in [0.3, 0.4) is 0 Å². The third kappa shape index (κ3) is 5.43. The normalized spacial score (nSPS) is 11.6. The van der Waals surface area contributed by atoms with Crippen molar-refractivity contribution in [2.45, 2.75) is 26.0 Å². The quantitative estimate of drug-likeness (QED) is 0.794. The standard InChI is InChI=1S/C19H21NO4/c1-14(2)20-18(21)17(13-23-16-11-7-4-8-12-16)24-19(22)15-9-5-3-6-10-15/h3-12,14,17H,13H2,1-2H3,(H,20,21). The highest BCUT2D eigenvalue weighted by Crippen LogP contribution is 2.11. The molecule has 2 aromatic carbocycles. The predicted molar refractivity (Wildman–Crippen MR) is 90.9 cm³/mol. The third-order valence-electron chi connectivity index (χ3n) is 3.13. The van der Waals surface area contributed by atoms with Crippen LogP contribution in [0.5, 0.6) is 5.75 Å². The van der Waals surface area contributed by atoms with Crippen molar-refractivity contribution < 1.29 is 19.1 Å². The van der Waals surface area contributed by atoms with Gasteiger partial charge in [0.25, 0.3) is 5.91 Å². The van der Waals surface area contributed by atoms with Crippen LogP contribution in [0.2, 0.25) is 0 Å². The number of carbonyl (C=O) groups is 2. The first-order valence-corrected chi connectivity index (χ1v) is 7.80. The van der Waals surface area contributed by atoms with Crippen molar-refractivity contribution in [2.24, 2.45) is 0 Å². The van der Waals surface area contributed by atoms with Crippen LogP contribution in [0.15, 0.2) is 60.7 Å². The summed E-state index contributed by atoms with van der Waals surface area (Å²) in [5.41, 5.74) is 0.388. The Balaban J connectivity index is 2.04. The van der Waals surface area contributed by atoms with Gasteiger partial charge < -0.3 is 14.8 Å². The van der Waals surface area contributed by atoms with Crippen LogP contribution in [0.4, 0.5) is 0 Å². The topological polar surface area (TPSA) is 64.6 Å². The number of amides is 1. The number of rotatable bonds is 7. The van der Waals surface area contributed by atoms with E-state index in [0.29, 0.717) is 11.3 Å². The molecule has 1 atom stereocenters. The molecule has 0 bridgehead atoms. The van der Waals surface area contributed by atoms with E-state index in [1.807, 2.05) is 32.0 Å². The summed E-state index contributed by atoms with van der Waals surface area (Å²) in [6, 6.07) is 17.6. The Hall–Kier alpha value is -2.82. The van der Waals surface area contributed by atoms with E-state index in [9.17, 15) is 9.59 Å². The molecule has 2 rings (SSSR count). The molecule has 0 aliphatic heterocycles. The van der Waals surface area contributed by atoms with Crippen molar-refractivity contribution >= 4 is 11.9 Å². The predicted octanol–water partition coefficient (Wildman–Crippen LogP) is 2.82. The molecule has 0 aliphatic rings. The molecule has 0 aliphatic carbocycles. The van der Waals surface area contributed by atoms with E-state index in [-0.39, 0.29) is 18.6 Å². The van der Waals surface area contributed by atoms with Gasteiger partial charge in [0, 0.05) is 6.04 Å². The Morgan fingerprint density at radius 3 is 2.12 bits per heavy atom. The molecule has 0 saturated heterocycles. The first-order valence-electron chi connectivity index (χ1n) is 7.80. The van der Waals surface area contributed by atoms with Crippen LogP contribution in [-0.2, 0) is 9.53 Å². The third-order valence-corrected chi connectivity index (χ3v) is 3.13. The lowest BCUT2D eigenvalue weighted by atomic mass is 10.2. The first kappa shape index (κ1) is 17.5. The largest absolute Gasteiger partial charge is 0.489 e. The van der Waals surface area contributed by atoms with E-state index in [2.05, 4.69) is 5.32 Å². The number of benzene rings is 2. The summed E-state index contributed by atoms with van der Waals surface area (Å²) >= 11 is 0. The fraction of sp³-hybridized carbons (Fsp3) is 0.263. The van der Waals surface area contributed by atoms with Gasteiger partial charge in [-0.3, -0.25) is 4.79 Å². The molecule has 0 spiro atoms. The van der Waals surface area contributed by atoms with Crippen molar-refractivity contribution in [1.82, 2.24) is 5.32 Å². The molecule has 0 aromatic heterocycles. The van der Waals surface area contributed by atoms with E-state index in [1.165, 1.54) is 0 Å². The summed E-state index contributed by atoms with van der Waals surface area (Å²) in [5, 5.41) is 2.74. The highest BCUT2D eigenvalue weighted by atomic mass is 16.6. The summed E-state index contributed by atoms with van der Waals surface area (Å²) < 4.78 is 10.9. The van der Waals surface area contributed by atoms with Crippen LogP contribution in [0.25, 0.3) is 0 Å². The molecule has 0 heterocycles. The minimum absolute atomic E-state index is 0.0544. The lowest BCUT2D eigenvalue weighted by Gasteiger charge is -2.19. The van der Waals surface area contributed by atoms with E-state index < -0.39 is 12.1 Å². The number of esters is 1. The maximum absolute atomic E-state index is 12.3. The lowest BCUT2D eigenvalue weighted by Crippen LogP contribution is -2.44. The summed E-state index contributed by atoms with van der Waals surface area (Å²) in [6.07, 6.45) is -1.03. The minimum atomic E-state index is -1.03. The summed E-state index contributed by atoms with van der Waals surface area (Å²) in [4.78, 5) is 24.5. The second kappa shape index (κ2) is 8.72. The second-order valence-corrected chi connectivity index (χ2v) is 5.55. The first-order chi connectivity index (χ1) is 11.6. The highest BCUT2D eigenvalue weighted by Gasteiger charge is 2.25. The van der Waals surface area contributed by atoms with Crippen LogP contribution in [0.1, 0.15) is 24.2 Å². The number of hydrogen-bond acceptors (Lipinski definition) is 4. The summed E-state index contributed by atoms with van der Waals surface area (Å²) in [7, 11) is 0. The SMILES string of the molecule is CC(C)NC(=O)C(COc1ccccc1)OC(=O)c1ccccc1. The molecule has 0 fully saturated rings. The molecule has 5 nitrogen and oxygen atoms in total. The van der Waals surface area contributed by atoms with E-state index in [4.69, 9.17) is 9.47 Å².